The maximum absolute atomic E-state index is 12.9. The van der Waals surface area contributed by atoms with Crippen LogP contribution in [0, 0.1) is 6.92 Å². The number of aromatic nitrogens is 3. The summed E-state index contributed by atoms with van der Waals surface area (Å²) < 4.78 is 4.00. The standard InChI is InChI=1S/C21H18BrN3O2/c1-14-5-2-3-8-17(14)18-12-19-21(27)24(9-10-25(19)23-18)13-20(26)15-6-4-7-16(22)11-15/h2-12,20,26H,13H2,1H3. The number of hydrogen-bond acceptors (Lipinski definition) is 3. The largest absolute Gasteiger partial charge is 0.387 e. The van der Waals surface area contributed by atoms with Crippen LogP contribution in [-0.4, -0.2) is 19.3 Å². The van der Waals surface area contributed by atoms with Crippen LogP contribution in [0.25, 0.3) is 16.8 Å². The van der Waals surface area contributed by atoms with Gasteiger partial charge in [0.05, 0.1) is 18.3 Å². The van der Waals surface area contributed by atoms with Crippen molar-refractivity contribution in [1.29, 1.82) is 0 Å². The highest BCUT2D eigenvalue weighted by molar-refractivity contribution is 9.10. The lowest BCUT2D eigenvalue weighted by Crippen LogP contribution is -2.24. The highest BCUT2D eigenvalue weighted by Crippen LogP contribution is 2.22. The van der Waals surface area contributed by atoms with Crippen LogP contribution >= 0.6 is 15.9 Å². The fourth-order valence-corrected chi connectivity index (χ4v) is 3.58. The highest BCUT2D eigenvalue weighted by Gasteiger charge is 2.14. The summed E-state index contributed by atoms with van der Waals surface area (Å²) in [6.45, 7) is 2.20. The van der Waals surface area contributed by atoms with Gasteiger partial charge in [-0.05, 0) is 36.2 Å². The number of aliphatic hydroxyl groups excluding tert-OH is 1. The van der Waals surface area contributed by atoms with Crippen LogP contribution in [0.1, 0.15) is 17.2 Å². The predicted molar refractivity (Wildman–Crippen MR) is 109 cm³/mol. The average Bonchev–Trinajstić information content (AvgIpc) is 3.09. The van der Waals surface area contributed by atoms with Crippen LogP contribution < -0.4 is 5.56 Å². The molecule has 0 radical (unpaired) electrons. The Hall–Kier alpha value is -2.70. The fourth-order valence-electron chi connectivity index (χ4n) is 3.17. The molecule has 2 heterocycles. The Morgan fingerprint density at radius 2 is 1.93 bits per heavy atom. The summed E-state index contributed by atoms with van der Waals surface area (Å²) in [5.41, 5.74) is 3.92. The quantitative estimate of drug-likeness (QED) is 0.540. The van der Waals surface area contributed by atoms with E-state index in [9.17, 15) is 9.90 Å². The summed E-state index contributed by atoms with van der Waals surface area (Å²) >= 11 is 3.40. The third-order valence-corrected chi connectivity index (χ3v) is 5.12. The lowest BCUT2D eigenvalue weighted by molar-refractivity contribution is 0.155. The van der Waals surface area contributed by atoms with Crippen LogP contribution in [0.15, 0.2) is 76.3 Å². The number of rotatable bonds is 4. The summed E-state index contributed by atoms with van der Waals surface area (Å²) in [7, 11) is 0. The predicted octanol–water partition coefficient (Wildman–Crippen LogP) is 3.97. The number of fused-ring (bicyclic) bond motifs is 1. The molecule has 0 bridgehead atoms. The Balaban J connectivity index is 1.70. The molecule has 0 aliphatic carbocycles. The van der Waals surface area contributed by atoms with Gasteiger partial charge in [0.25, 0.3) is 5.56 Å². The Morgan fingerprint density at radius 1 is 1.11 bits per heavy atom. The highest BCUT2D eigenvalue weighted by atomic mass is 79.9. The zero-order chi connectivity index (χ0) is 19.0. The SMILES string of the molecule is Cc1ccccc1-c1cc2c(=O)n(CC(O)c3cccc(Br)c3)ccn2n1. The van der Waals surface area contributed by atoms with E-state index >= 15 is 0 Å². The number of benzene rings is 2. The van der Waals surface area contributed by atoms with Gasteiger partial charge in [-0.2, -0.15) is 5.10 Å². The Morgan fingerprint density at radius 3 is 2.70 bits per heavy atom. The molecule has 4 rings (SSSR count). The number of aliphatic hydroxyl groups is 1. The van der Waals surface area contributed by atoms with Crippen LogP contribution in [0.3, 0.4) is 0 Å². The molecule has 0 spiro atoms. The minimum absolute atomic E-state index is 0.177. The molecule has 1 N–H and O–H groups in total. The van der Waals surface area contributed by atoms with E-state index in [0.717, 1.165) is 26.9 Å². The number of halogens is 1. The molecule has 1 atom stereocenters. The van der Waals surface area contributed by atoms with Crippen molar-refractivity contribution in [3.63, 3.8) is 0 Å². The van der Waals surface area contributed by atoms with E-state index in [0.29, 0.717) is 5.52 Å². The smallest absolute Gasteiger partial charge is 0.276 e. The van der Waals surface area contributed by atoms with Gasteiger partial charge in [0.15, 0.2) is 0 Å². The molecular weight excluding hydrogens is 406 g/mol. The van der Waals surface area contributed by atoms with Gasteiger partial charge in [0, 0.05) is 22.4 Å². The molecule has 2 aromatic heterocycles. The molecule has 2 aromatic carbocycles. The molecule has 4 aromatic rings. The molecule has 0 saturated heterocycles. The van der Waals surface area contributed by atoms with E-state index in [2.05, 4.69) is 21.0 Å². The van der Waals surface area contributed by atoms with Crippen molar-refractivity contribution >= 4 is 21.4 Å². The van der Waals surface area contributed by atoms with Crippen molar-refractivity contribution in [2.75, 3.05) is 0 Å². The molecule has 0 amide bonds. The van der Waals surface area contributed by atoms with Gasteiger partial charge in [-0.15, -0.1) is 0 Å². The van der Waals surface area contributed by atoms with Crippen molar-refractivity contribution in [3.8, 4) is 11.3 Å². The molecule has 0 saturated carbocycles. The summed E-state index contributed by atoms with van der Waals surface area (Å²) in [6, 6.07) is 17.2. The van der Waals surface area contributed by atoms with E-state index < -0.39 is 6.10 Å². The van der Waals surface area contributed by atoms with E-state index in [-0.39, 0.29) is 12.1 Å². The molecular formula is C21H18BrN3O2. The Kier molecular flexibility index (Phi) is 4.68. The zero-order valence-electron chi connectivity index (χ0n) is 14.7. The van der Waals surface area contributed by atoms with Crippen molar-refractivity contribution in [2.45, 2.75) is 19.6 Å². The van der Waals surface area contributed by atoms with E-state index in [4.69, 9.17) is 0 Å². The third kappa shape index (κ3) is 3.46. The molecule has 27 heavy (non-hydrogen) atoms. The van der Waals surface area contributed by atoms with E-state index in [1.165, 1.54) is 4.57 Å². The van der Waals surface area contributed by atoms with E-state index in [1.54, 1.807) is 23.0 Å². The van der Waals surface area contributed by atoms with Crippen LogP contribution in [-0.2, 0) is 6.54 Å². The molecule has 136 valence electrons. The lowest BCUT2D eigenvalue weighted by Gasteiger charge is -2.13. The first-order valence-corrected chi connectivity index (χ1v) is 9.40. The van der Waals surface area contributed by atoms with Crippen molar-refractivity contribution < 1.29 is 5.11 Å². The molecule has 0 aliphatic heterocycles. The Labute approximate surface area is 164 Å². The second kappa shape index (κ2) is 7.13. The molecule has 0 aliphatic rings. The zero-order valence-corrected chi connectivity index (χ0v) is 16.3. The number of aryl methyl sites for hydroxylation is 1. The normalized spacial score (nSPS) is 12.4. The van der Waals surface area contributed by atoms with Gasteiger partial charge >= 0.3 is 0 Å². The minimum Gasteiger partial charge on any atom is -0.387 e. The van der Waals surface area contributed by atoms with E-state index in [1.807, 2.05) is 55.5 Å². The fraction of sp³-hybridized carbons (Fsp3) is 0.143. The summed E-state index contributed by atoms with van der Waals surface area (Å²) in [6.07, 6.45) is 2.62. The van der Waals surface area contributed by atoms with Gasteiger partial charge in [0.1, 0.15) is 5.52 Å². The van der Waals surface area contributed by atoms with Gasteiger partial charge in [0.2, 0.25) is 0 Å². The van der Waals surface area contributed by atoms with Crippen LogP contribution in [0.2, 0.25) is 0 Å². The van der Waals surface area contributed by atoms with Gasteiger partial charge in [-0.3, -0.25) is 4.79 Å². The molecule has 5 nitrogen and oxygen atoms in total. The van der Waals surface area contributed by atoms with Crippen LogP contribution in [0.5, 0.6) is 0 Å². The first-order valence-electron chi connectivity index (χ1n) is 8.61. The van der Waals surface area contributed by atoms with Crippen LogP contribution in [0.4, 0.5) is 0 Å². The summed E-state index contributed by atoms with van der Waals surface area (Å²) in [5, 5.41) is 15.0. The Bertz CT molecular complexity index is 1180. The summed E-state index contributed by atoms with van der Waals surface area (Å²) in [4.78, 5) is 12.9. The molecule has 0 fully saturated rings. The average molecular weight is 424 g/mol. The first-order chi connectivity index (χ1) is 13.0. The lowest BCUT2D eigenvalue weighted by atomic mass is 10.1. The van der Waals surface area contributed by atoms with Crippen molar-refractivity contribution in [3.05, 3.63) is 92.9 Å². The monoisotopic (exact) mass is 423 g/mol. The van der Waals surface area contributed by atoms with Crippen molar-refractivity contribution in [2.24, 2.45) is 0 Å². The second-order valence-corrected chi connectivity index (χ2v) is 7.42. The molecule has 6 heteroatoms. The maximum Gasteiger partial charge on any atom is 0.276 e. The van der Waals surface area contributed by atoms with Gasteiger partial charge in [-0.1, -0.05) is 52.3 Å². The summed E-state index contributed by atoms with van der Waals surface area (Å²) in [5.74, 6) is 0. The topological polar surface area (TPSA) is 59.5 Å². The third-order valence-electron chi connectivity index (χ3n) is 4.63. The maximum atomic E-state index is 12.9. The first kappa shape index (κ1) is 17.7. The van der Waals surface area contributed by atoms with Gasteiger partial charge in [-0.25, -0.2) is 4.52 Å². The number of hydrogen-bond donors (Lipinski definition) is 1. The molecule has 1 unspecified atom stereocenters. The van der Waals surface area contributed by atoms with Gasteiger partial charge < -0.3 is 9.67 Å². The second-order valence-electron chi connectivity index (χ2n) is 6.50. The van der Waals surface area contributed by atoms with Crippen molar-refractivity contribution in [1.82, 2.24) is 14.2 Å². The minimum atomic E-state index is -0.776. The number of nitrogens with zero attached hydrogens (tertiary/aromatic N) is 3.